The third-order valence-electron chi connectivity index (χ3n) is 4.90. The molecule has 28 heavy (non-hydrogen) atoms. The normalized spacial score (nSPS) is 16.8. The number of nitrogens with zero attached hydrogens (tertiary/aromatic N) is 2. The van der Waals surface area contributed by atoms with Crippen molar-refractivity contribution in [1.82, 2.24) is 9.21 Å². The molecule has 150 valence electrons. The highest BCUT2D eigenvalue weighted by Gasteiger charge is 2.32. The van der Waals surface area contributed by atoms with Crippen molar-refractivity contribution >= 4 is 27.7 Å². The second-order valence-electron chi connectivity index (χ2n) is 7.07. The molecular formula is C21H26N2O3S2. The van der Waals surface area contributed by atoms with Crippen LogP contribution >= 0.6 is 11.8 Å². The van der Waals surface area contributed by atoms with E-state index in [1.165, 1.54) is 16.1 Å². The van der Waals surface area contributed by atoms with E-state index in [2.05, 4.69) is 0 Å². The fourth-order valence-corrected chi connectivity index (χ4v) is 5.99. The van der Waals surface area contributed by atoms with Gasteiger partial charge in [-0.15, -0.1) is 11.8 Å². The Hall–Kier alpha value is -1.83. The van der Waals surface area contributed by atoms with Crippen molar-refractivity contribution in [3.05, 3.63) is 59.7 Å². The monoisotopic (exact) mass is 418 g/mol. The van der Waals surface area contributed by atoms with Crippen molar-refractivity contribution in [3.8, 4) is 0 Å². The smallest absolute Gasteiger partial charge is 0.243 e. The first-order chi connectivity index (χ1) is 13.3. The lowest BCUT2D eigenvalue weighted by atomic mass is 10.2. The fraction of sp³-hybridized carbons (Fsp3) is 0.381. The quantitative estimate of drug-likeness (QED) is 0.699. The molecule has 1 amide bonds. The summed E-state index contributed by atoms with van der Waals surface area (Å²) in [6.07, 6.45) is 0. The number of piperazine rings is 1. The third kappa shape index (κ3) is 4.59. The lowest BCUT2D eigenvalue weighted by Gasteiger charge is -2.35. The van der Waals surface area contributed by atoms with E-state index in [0.717, 1.165) is 16.0 Å². The summed E-state index contributed by atoms with van der Waals surface area (Å²) in [4.78, 5) is 15.9. The van der Waals surface area contributed by atoms with Gasteiger partial charge < -0.3 is 4.90 Å². The molecule has 2 aromatic rings. The molecule has 0 bridgehead atoms. The largest absolute Gasteiger partial charge is 0.339 e. The Bertz CT molecular complexity index is 937. The van der Waals surface area contributed by atoms with E-state index in [1.54, 1.807) is 11.0 Å². The number of hydrogen-bond acceptors (Lipinski definition) is 4. The van der Waals surface area contributed by atoms with Crippen LogP contribution in [0.1, 0.15) is 18.1 Å². The molecule has 0 N–H and O–H groups in total. The molecule has 1 saturated heterocycles. The average molecular weight is 419 g/mol. The average Bonchev–Trinajstić information content (AvgIpc) is 2.68. The summed E-state index contributed by atoms with van der Waals surface area (Å²) in [5, 5.41) is -0.204. The van der Waals surface area contributed by atoms with E-state index in [1.807, 2.05) is 63.2 Å². The fourth-order valence-electron chi connectivity index (χ4n) is 3.39. The number of sulfonamides is 1. The Morgan fingerprint density at radius 2 is 1.64 bits per heavy atom. The maximum absolute atomic E-state index is 13.0. The van der Waals surface area contributed by atoms with E-state index < -0.39 is 10.0 Å². The Labute approximate surface area is 171 Å². The highest BCUT2D eigenvalue weighted by molar-refractivity contribution is 8.00. The van der Waals surface area contributed by atoms with Gasteiger partial charge in [0.25, 0.3) is 0 Å². The number of carbonyl (C=O) groups excluding carboxylic acids is 1. The molecule has 1 fully saturated rings. The molecule has 1 aliphatic heterocycles. The van der Waals surface area contributed by atoms with Gasteiger partial charge in [-0.05, 0) is 44.5 Å². The predicted molar refractivity (Wildman–Crippen MR) is 113 cm³/mol. The zero-order valence-corrected chi connectivity index (χ0v) is 18.1. The van der Waals surface area contributed by atoms with Crippen LogP contribution in [0.4, 0.5) is 0 Å². The zero-order chi connectivity index (χ0) is 20.3. The molecule has 0 saturated carbocycles. The van der Waals surface area contributed by atoms with Crippen molar-refractivity contribution < 1.29 is 13.2 Å². The minimum absolute atomic E-state index is 0.0532. The SMILES string of the molecule is Cc1ccc(S(=O)(=O)N2CCN(C(=O)[C@H](C)Sc3ccccc3)CC2)c(C)c1. The highest BCUT2D eigenvalue weighted by Crippen LogP contribution is 2.26. The molecule has 0 aliphatic carbocycles. The molecule has 1 aliphatic rings. The van der Waals surface area contributed by atoms with Crippen LogP contribution in [0.15, 0.2) is 58.3 Å². The maximum Gasteiger partial charge on any atom is 0.243 e. The number of hydrogen-bond donors (Lipinski definition) is 0. The van der Waals surface area contributed by atoms with Crippen LogP contribution < -0.4 is 0 Å². The lowest BCUT2D eigenvalue weighted by Crippen LogP contribution is -2.52. The first kappa shape index (κ1) is 20.9. The Balaban J connectivity index is 1.62. The molecule has 0 spiro atoms. The summed E-state index contributed by atoms with van der Waals surface area (Å²) in [6, 6.07) is 15.2. The summed E-state index contributed by atoms with van der Waals surface area (Å²) in [5.74, 6) is 0.0532. The predicted octanol–water partition coefficient (Wildman–Crippen LogP) is 3.32. The molecule has 1 atom stereocenters. The molecule has 0 radical (unpaired) electrons. The number of carbonyl (C=O) groups is 1. The molecule has 0 aromatic heterocycles. The number of rotatable bonds is 5. The van der Waals surface area contributed by atoms with Gasteiger partial charge >= 0.3 is 0 Å². The van der Waals surface area contributed by atoms with E-state index >= 15 is 0 Å². The summed E-state index contributed by atoms with van der Waals surface area (Å²) in [6.45, 7) is 7.16. The number of thioether (sulfide) groups is 1. The van der Waals surface area contributed by atoms with Gasteiger partial charge in [0.2, 0.25) is 15.9 Å². The summed E-state index contributed by atoms with van der Waals surface area (Å²) in [7, 11) is -3.54. The zero-order valence-electron chi connectivity index (χ0n) is 16.5. The van der Waals surface area contributed by atoms with Crippen molar-refractivity contribution in [2.75, 3.05) is 26.2 Å². The first-order valence-electron chi connectivity index (χ1n) is 9.37. The minimum atomic E-state index is -3.54. The van der Waals surface area contributed by atoms with Gasteiger partial charge in [-0.25, -0.2) is 8.42 Å². The van der Waals surface area contributed by atoms with E-state index in [0.29, 0.717) is 31.1 Å². The van der Waals surface area contributed by atoms with Crippen LogP contribution in [0.3, 0.4) is 0 Å². The summed E-state index contributed by atoms with van der Waals surface area (Å²) < 4.78 is 27.5. The van der Waals surface area contributed by atoms with Crippen LogP contribution in [-0.2, 0) is 14.8 Å². The van der Waals surface area contributed by atoms with Crippen molar-refractivity contribution in [2.45, 2.75) is 35.8 Å². The second kappa shape index (κ2) is 8.68. The maximum atomic E-state index is 13.0. The molecular weight excluding hydrogens is 392 g/mol. The van der Waals surface area contributed by atoms with Gasteiger partial charge in [0.15, 0.2) is 0 Å². The molecule has 0 unspecified atom stereocenters. The number of amides is 1. The molecule has 5 nitrogen and oxygen atoms in total. The highest BCUT2D eigenvalue weighted by atomic mass is 32.2. The Morgan fingerprint density at radius 1 is 1.00 bits per heavy atom. The molecule has 3 rings (SSSR count). The molecule has 1 heterocycles. The van der Waals surface area contributed by atoms with Crippen molar-refractivity contribution in [3.63, 3.8) is 0 Å². The summed E-state index contributed by atoms with van der Waals surface area (Å²) >= 11 is 1.53. The second-order valence-corrected chi connectivity index (χ2v) is 10.4. The van der Waals surface area contributed by atoms with Gasteiger partial charge in [-0.3, -0.25) is 4.79 Å². The Morgan fingerprint density at radius 3 is 2.25 bits per heavy atom. The standard InChI is InChI=1S/C21H26N2O3S2/c1-16-9-10-20(17(2)15-16)28(25,26)23-13-11-22(12-14-23)21(24)18(3)27-19-7-5-4-6-8-19/h4-10,15,18H,11-14H2,1-3H3/t18-/m0/s1. The van der Waals surface area contributed by atoms with Gasteiger partial charge in [0, 0.05) is 31.1 Å². The lowest BCUT2D eigenvalue weighted by molar-refractivity contribution is -0.131. The van der Waals surface area contributed by atoms with Crippen LogP contribution in [0, 0.1) is 13.8 Å². The number of benzene rings is 2. The van der Waals surface area contributed by atoms with E-state index in [4.69, 9.17) is 0 Å². The minimum Gasteiger partial charge on any atom is -0.339 e. The summed E-state index contributed by atoms with van der Waals surface area (Å²) in [5.41, 5.74) is 1.79. The molecule has 7 heteroatoms. The topological polar surface area (TPSA) is 57.7 Å². The van der Waals surface area contributed by atoms with Crippen molar-refractivity contribution in [1.29, 1.82) is 0 Å². The van der Waals surface area contributed by atoms with Crippen LogP contribution in [0.2, 0.25) is 0 Å². The van der Waals surface area contributed by atoms with Crippen LogP contribution in [-0.4, -0.2) is 55.0 Å². The first-order valence-corrected chi connectivity index (χ1v) is 11.7. The third-order valence-corrected chi connectivity index (χ3v) is 8.06. The van der Waals surface area contributed by atoms with E-state index in [9.17, 15) is 13.2 Å². The van der Waals surface area contributed by atoms with Crippen LogP contribution in [0.5, 0.6) is 0 Å². The van der Waals surface area contributed by atoms with E-state index in [-0.39, 0.29) is 11.2 Å². The van der Waals surface area contributed by atoms with Gasteiger partial charge in [0.05, 0.1) is 10.1 Å². The van der Waals surface area contributed by atoms with Gasteiger partial charge in [-0.1, -0.05) is 35.9 Å². The van der Waals surface area contributed by atoms with Gasteiger partial charge in [-0.2, -0.15) is 4.31 Å². The molecule has 2 aromatic carbocycles. The van der Waals surface area contributed by atoms with Gasteiger partial charge in [0.1, 0.15) is 0 Å². The number of aryl methyl sites for hydroxylation is 2. The Kier molecular flexibility index (Phi) is 6.47. The van der Waals surface area contributed by atoms with Crippen molar-refractivity contribution in [2.24, 2.45) is 0 Å². The van der Waals surface area contributed by atoms with Crippen LogP contribution in [0.25, 0.3) is 0 Å².